The molecule has 2 fully saturated rings. The van der Waals surface area contributed by atoms with Crippen LogP contribution in [0, 0.1) is 0 Å². The van der Waals surface area contributed by atoms with Gasteiger partial charge in [0.1, 0.15) is 5.75 Å². The summed E-state index contributed by atoms with van der Waals surface area (Å²) in [6.07, 6.45) is -1.71. The van der Waals surface area contributed by atoms with Gasteiger partial charge >= 0.3 is 18.1 Å². The molecule has 2 N–H and O–H groups in total. The normalized spacial score (nSPS) is 16.9. The molecule has 1 aliphatic carbocycles. The fraction of sp³-hybridized carbons (Fsp3) is 0.351. The van der Waals surface area contributed by atoms with Crippen LogP contribution >= 0.6 is 11.6 Å². The smallest absolute Gasteiger partial charge is 0.490 e. The summed E-state index contributed by atoms with van der Waals surface area (Å²) in [5.41, 5.74) is 6.02. The molecule has 0 aromatic heterocycles. The van der Waals surface area contributed by atoms with Crippen LogP contribution in [0.3, 0.4) is 0 Å². The summed E-state index contributed by atoms with van der Waals surface area (Å²) >= 11 is 5.95. The molecule has 1 saturated heterocycles. The van der Waals surface area contributed by atoms with Gasteiger partial charge in [-0.25, -0.2) is 13.2 Å². The molecular formula is C37H35ClF5N3O6S. The van der Waals surface area contributed by atoms with Gasteiger partial charge in [0, 0.05) is 29.7 Å². The van der Waals surface area contributed by atoms with E-state index in [9.17, 15) is 31.2 Å². The summed E-state index contributed by atoms with van der Waals surface area (Å²) < 4.78 is 109. The molecule has 0 radical (unpaired) electrons. The summed E-state index contributed by atoms with van der Waals surface area (Å²) in [4.78, 5) is 30.8. The number of benzene rings is 4. The van der Waals surface area contributed by atoms with E-state index in [1.165, 1.54) is 24.3 Å². The third-order valence-electron chi connectivity index (χ3n) is 9.41. The molecule has 2 aliphatic rings. The van der Waals surface area contributed by atoms with E-state index in [1.54, 1.807) is 36.4 Å². The van der Waals surface area contributed by atoms with Gasteiger partial charge in [-0.15, -0.1) is 0 Å². The van der Waals surface area contributed by atoms with E-state index < -0.39 is 61.0 Å². The van der Waals surface area contributed by atoms with Gasteiger partial charge in [-0.3, -0.25) is 4.79 Å². The molecule has 53 heavy (non-hydrogen) atoms. The highest BCUT2D eigenvalue weighted by Gasteiger charge is 2.58. The van der Waals surface area contributed by atoms with Gasteiger partial charge in [0.05, 0.1) is 11.0 Å². The number of fused-ring (bicyclic) bond motifs is 1. The molecule has 6 rings (SSSR count). The van der Waals surface area contributed by atoms with Gasteiger partial charge in [-0.05, 0) is 101 Å². The minimum atomic E-state index is -5.83. The first-order chi connectivity index (χ1) is 25.0. The lowest BCUT2D eigenvalue weighted by Crippen LogP contribution is -2.60. The van der Waals surface area contributed by atoms with Crippen LogP contribution in [0.4, 0.5) is 22.0 Å². The van der Waals surface area contributed by atoms with Crippen LogP contribution < -0.4 is 10.5 Å². The Labute approximate surface area is 307 Å². The van der Waals surface area contributed by atoms with Crippen LogP contribution in [0.1, 0.15) is 44.1 Å². The number of hydroxylamine groups is 1. The Bertz CT molecular complexity index is 2070. The maximum Gasteiger partial charge on any atom is 0.492 e. The van der Waals surface area contributed by atoms with Gasteiger partial charge in [-0.1, -0.05) is 60.1 Å². The third kappa shape index (κ3) is 8.43. The largest absolute Gasteiger partial charge is 0.492 e. The molecule has 1 amide bonds. The van der Waals surface area contributed by atoms with E-state index in [2.05, 4.69) is 4.84 Å². The topological polar surface area (TPSA) is 119 Å². The van der Waals surface area contributed by atoms with Gasteiger partial charge in [0.2, 0.25) is 6.04 Å². The Balaban J connectivity index is 1.43. The zero-order valence-electron chi connectivity index (χ0n) is 28.1. The molecule has 0 unspecified atom stereocenters. The number of carbonyl (C=O) groups is 2. The monoisotopic (exact) mass is 779 g/mol. The van der Waals surface area contributed by atoms with Crippen molar-refractivity contribution in [3.8, 4) is 16.9 Å². The van der Waals surface area contributed by atoms with Crippen molar-refractivity contribution in [3.05, 3.63) is 95.5 Å². The zero-order chi connectivity index (χ0) is 38.1. The number of carbonyl (C=O) groups excluding carboxylic acids is 2. The molecule has 1 heterocycles. The number of nitrogens with zero attached hydrogens (tertiary/aromatic N) is 2. The molecule has 0 bridgehead atoms. The van der Waals surface area contributed by atoms with Crippen LogP contribution in [-0.2, 0) is 30.4 Å². The van der Waals surface area contributed by atoms with Crippen molar-refractivity contribution in [2.75, 3.05) is 13.1 Å². The van der Waals surface area contributed by atoms with Crippen molar-refractivity contribution in [3.63, 3.8) is 0 Å². The predicted octanol–water partition coefficient (Wildman–Crippen LogP) is 7.60. The number of nitrogens with two attached hydrogens (primary N) is 1. The molecule has 4 aromatic rings. The first kappa shape index (κ1) is 38.4. The molecule has 16 heteroatoms. The quantitative estimate of drug-likeness (QED) is 0.130. The predicted molar refractivity (Wildman–Crippen MR) is 186 cm³/mol. The summed E-state index contributed by atoms with van der Waals surface area (Å²) in [6, 6.07) is 15.1. The highest BCUT2D eigenvalue weighted by atomic mass is 35.5. The first-order valence-electron chi connectivity index (χ1n) is 16.9. The Kier molecular flexibility index (Phi) is 11.0. The minimum Gasteiger partial charge on any atom is -0.490 e. The molecule has 9 nitrogen and oxygen atoms in total. The van der Waals surface area contributed by atoms with Crippen molar-refractivity contribution < 1.29 is 49.5 Å². The second kappa shape index (κ2) is 15.2. The van der Waals surface area contributed by atoms with E-state index in [0.29, 0.717) is 27.3 Å². The van der Waals surface area contributed by atoms with Crippen molar-refractivity contribution in [1.82, 2.24) is 9.37 Å². The lowest BCUT2D eigenvalue weighted by molar-refractivity contribution is -0.239. The maximum atomic E-state index is 16.9. The van der Waals surface area contributed by atoms with E-state index in [1.807, 2.05) is 0 Å². The fourth-order valence-corrected chi connectivity index (χ4v) is 7.98. The fourth-order valence-electron chi connectivity index (χ4n) is 6.47. The number of piperidine rings is 1. The molecule has 4 aromatic carbocycles. The van der Waals surface area contributed by atoms with E-state index in [-0.39, 0.29) is 37.4 Å². The summed E-state index contributed by atoms with van der Waals surface area (Å²) in [5, 5.41) is 1.15. The van der Waals surface area contributed by atoms with Crippen molar-refractivity contribution in [2.24, 2.45) is 5.73 Å². The standard InChI is InChI=1S/C37H35ClF5N3O6S/c38-28-13-7-24(8-14-28)23-5-11-27(12-6-23)36(39,40)33(34(47)45-19-17-29(44)18-20-45)46(52-35(48)37(41,42)43)53(49,50)32-16-10-25-21-31(15-9-26(25)22-32)51-30-3-1-2-4-30/h5-16,21-22,29-30,33H,1-4,17-20,44H2/t33-/m1/s1. The highest BCUT2D eigenvalue weighted by Crippen LogP contribution is 2.41. The van der Waals surface area contributed by atoms with Crippen molar-refractivity contribution in [1.29, 1.82) is 0 Å². The van der Waals surface area contributed by atoms with Crippen molar-refractivity contribution in [2.45, 2.75) is 73.7 Å². The molecule has 1 atom stereocenters. The number of hydrogen-bond acceptors (Lipinski definition) is 7. The molecule has 1 aliphatic heterocycles. The molecule has 0 spiro atoms. The van der Waals surface area contributed by atoms with Crippen LogP contribution in [0.15, 0.2) is 89.8 Å². The second-order valence-electron chi connectivity index (χ2n) is 13.1. The number of likely N-dealkylation sites (tertiary alicyclic amines) is 1. The summed E-state index contributed by atoms with van der Waals surface area (Å²) in [5.74, 6) is -8.76. The second-order valence-corrected chi connectivity index (χ2v) is 15.3. The number of halogens is 6. The van der Waals surface area contributed by atoms with E-state index in [0.717, 1.165) is 54.8 Å². The number of alkyl halides is 5. The van der Waals surface area contributed by atoms with Crippen LogP contribution in [0.25, 0.3) is 21.9 Å². The number of hydrogen-bond donors (Lipinski definition) is 1. The molecule has 282 valence electrons. The SMILES string of the molecule is NC1CCN(C(=O)[C@@H](N(OC(=O)C(F)(F)F)S(=O)(=O)c2ccc3cc(OC4CCCC4)ccc3c2)C(F)(F)c2ccc(-c3ccc(Cl)cc3)cc2)CC1. The van der Waals surface area contributed by atoms with E-state index >= 15 is 8.78 Å². The summed E-state index contributed by atoms with van der Waals surface area (Å²) in [6.45, 7) is -0.408. The summed E-state index contributed by atoms with van der Waals surface area (Å²) in [7, 11) is -5.62. The third-order valence-corrected chi connectivity index (χ3v) is 11.3. The number of amides is 1. The maximum absolute atomic E-state index is 16.9. The van der Waals surface area contributed by atoms with Gasteiger partial charge in [-0.2, -0.15) is 22.0 Å². The average molecular weight is 780 g/mol. The van der Waals surface area contributed by atoms with Crippen LogP contribution in [0.2, 0.25) is 5.02 Å². The van der Waals surface area contributed by atoms with Gasteiger partial charge < -0.3 is 20.2 Å². The number of rotatable bonds is 10. The minimum absolute atomic E-state index is 0.0180. The zero-order valence-corrected chi connectivity index (χ0v) is 29.6. The Morgan fingerprint density at radius 3 is 1.98 bits per heavy atom. The first-order valence-corrected chi connectivity index (χ1v) is 18.7. The van der Waals surface area contributed by atoms with E-state index in [4.69, 9.17) is 22.1 Å². The average Bonchev–Trinajstić information content (AvgIpc) is 3.64. The van der Waals surface area contributed by atoms with Gasteiger partial charge in [0.25, 0.3) is 15.9 Å². The van der Waals surface area contributed by atoms with Gasteiger partial charge in [0.15, 0.2) is 0 Å². The van der Waals surface area contributed by atoms with Crippen LogP contribution in [0.5, 0.6) is 5.75 Å². The highest BCUT2D eigenvalue weighted by molar-refractivity contribution is 7.89. The van der Waals surface area contributed by atoms with Crippen molar-refractivity contribution >= 4 is 44.3 Å². The molecule has 1 saturated carbocycles. The number of sulfonamides is 1. The Morgan fingerprint density at radius 1 is 0.811 bits per heavy atom. The Hall–Kier alpha value is -4.31. The lowest BCUT2D eigenvalue weighted by atomic mass is 9.96. The lowest BCUT2D eigenvalue weighted by Gasteiger charge is -2.38. The number of ether oxygens (including phenoxy) is 1. The van der Waals surface area contributed by atoms with Crippen LogP contribution in [-0.4, -0.2) is 67.1 Å². The molecular weight excluding hydrogens is 745 g/mol. The Morgan fingerprint density at radius 2 is 1.38 bits per heavy atom.